The molecule has 0 atom stereocenters. The van der Waals surface area contributed by atoms with Crippen molar-refractivity contribution >= 4 is 11.8 Å². The maximum Gasteiger partial charge on any atom is 0.0859 e. The van der Waals surface area contributed by atoms with E-state index < -0.39 is 0 Å². The number of benzene rings is 4. The molecule has 0 aromatic heterocycles. The zero-order valence-corrected chi connectivity index (χ0v) is 23.2. The molecule has 2 heteroatoms. The number of rotatable bonds is 12. The summed E-state index contributed by atoms with van der Waals surface area (Å²) in [7, 11) is 0. The van der Waals surface area contributed by atoms with Crippen molar-refractivity contribution in [2.75, 3.05) is 0 Å². The van der Waals surface area contributed by atoms with Gasteiger partial charge in [-0.2, -0.15) is 10.2 Å². The van der Waals surface area contributed by atoms with Crippen LogP contribution in [-0.2, 0) is 12.8 Å². The molecule has 0 bridgehead atoms. The molecule has 4 rings (SSSR count). The normalized spacial score (nSPS) is 11.8. The van der Waals surface area contributed by atoms with Gasteiger partial charge in [-0.3, -0.25) is 0 Å². The number of azo groups is 1. The van der Waals surface area contributed by atoms with Gasteiger partial charge in [0.2, 0.25) is 0 Å². The summed E-state index contributed by atoms with van der Waals surface area (Å²) in [5.74, 6) is 0. The number of hydrogen-bond donors (Lipinski definition) is 0. The third kappa shape index (κ3) is 7.38. The third-order valence-corrected chi connectivity index (χ3v) is 6.91. The fraction of sp³-hybridized carbons (Fsp3) is 0.278. The zero-order valence-electron chi connectivity index (χ0n) is 23.2. The lowest BCUT2D eigenvalue weighted by molar-refractivity contribution is 0.795. The van der Waals surface area contributed by atoms with Crippen LogP contribution in [0.5, 0.6) is 0 Å². The largest absolute Gasteiger partial charge is 0.155 e. The minimum Gasteiger partial charge on any atom is -0.155 e. The molecule has 0 aliphatic rings. The van der Waals surface area contributed by atoms with Crippen LogP contribution in [0.25, 0.3) is 28.3 Å². The lowest BCUT2D eigenvalue weighted by Crippen LogP contribution is -1.96. The van der Waals surface area contributed by atoms with Crippen LogP contribution in [0.3, 0.4) is 0 Å². The number of nitrogens with zero attached hydrogens (tertiary/aromatic N) is 2. The van der Waals surface area contributed by atoms with Gasteiger partial charge in [-0.25, -0.2) is 0 Å². The van der Waals surface area contributed by atoms with E-state index in [1.165, 1.54) is 58.2 Å². The Balaban J connectivity index is 1.76. The Morgan fingerprint density at radius 2 is 1.37 bits per heavy atom. The predicted molar refractivity (Wildman–Crippen MR) is 164 cm³/mol. The Morgan fingerprint density at radius 3 is 2.05 bits per heavy atom. The quantitative estimate of drug-likeness (QED) is 0.173. The van der Waals surface area contributed by atoms with Crippen LogP contribution < -0.4 is 0 Å². The highest BCUT2D eigenvalue weighted by molar-refractivity contribution is 5.87. The molecule has 2 nitrogen and oxygen atoms in total. The van der Waals surface area contributed by atoms with E-state index in [1.54, 1.807) is 0 Å². The highest BCUT2D eigenvalue weighted by atomic mass is 15.1. The van der Waals surface area contributed by atoms with Gasteiger partial charge in [-0.15, -0.1) is 0 Å². The average Bonchev–Trinajstić information content (AvgIpc) is 2.98. The van der Waals surface area contributed by atoms with Gasteiger partial charge >= 0.3 is 0 Å². The molecule has 0 saturated heterocycles. The summed E-state index contributed by atoms with van der Waals surface area (Å²) in [5, 5.41) is 9.31. The van der Waals surface area contributed by atoms with Crippen molar-refractivity contribution in [1.29, 1.82) is 0 Å². The number of unbranched alkanes of at least 4 members (excludes halogenated alkanes) is 2. The highest BCUT2D eigenvalue weighted by Gasteiger charge is 2.14. The zero-order chi connectivity index (χ0) is 26.6. The van der Waals surface area contributed by atoms with Crippen LogP contribution in [0.1, 0.15) is 69.6 Å². The van der Waals surface area contributed by atoms with Gasteiger partial charge < -0.3 is 0 Å². The SMILES string of the molecule is CCCCc1cccc(N=NC(=Cc2cc(CCCC)c(-c3ccccc3)c(-c3ccccc3)c2)CC)c1. The monoisotopic (exact) mass is 500 g/mol. The van der Waals surface area contributed by atoms with E-state index in [2.05, 4.69) is 123 Å². The Morgan fingerprint density at radius 1 is 0.684 bits per heavy atom. The van der Waals surface area contributed by atoms with Crippen LogP contribution in [-0.4, -0.2) is 0 Å². The van der Waals surface area contributed by atoms with Gasteiger partial charge in [0.15, 0.2) is 0 Å². The van der Waals surface area contributed by atoms with Crippen molar-refractivity contribution in [2.24, 2.45) is 10.2 Å². The molecular formula is C36H40N2. The van der Waals surface area contributed by atoms with Gasteiger partial charge in [0.05, 0.1) is 11.4 Å². The fourth-order valence-electron chi connectivity index (χ4n) is 4.84. The van der Waals surface area contributed by atoms with Crippen molar-refractivity contribution in [1.82, 2.24) is 0 Å². The second-order valence-electron chi connectivity index (χ2n) is 9.90. The number of aryl methyl sites for hydroxylation is 2. The predicted octanol–water partition coefficient (Wildman–Crippen LogP) is 11.2. The van der Waals surface area contributed by atoms with Crippen molar-refractivity contribution in [2.45, 2.75) is 65.7 Å². The Hall–Kier alpha value is -3.78. The van der Waals surface area contributed by atoms with Gasteiger partial charge in [-0.1, -0.05) is 112 Å². The van der Waals surface area contributed by atoms with Crippen LogP contribution in [0.2, 0.25) is 0 Å². The number of allylic oxidation sites excluding steroid dienone is 1. The van der Waals surface area contributed by atoms with E-state index in [1.807, 2.05) is 6.07 Å². The molecule has 194 valence electrons. The molecule has 0 aliphatic carbocycles. The first-order valence-corrected chi connectivity index (χ1v) is 14.2. The second-order valence-corrected chi connectivity index (χ2v) is 9.90. The third-order valence-electron chi connectivity index (χ3n) is 6.91. The molecule has 4 aromatic carbocycles. The summed E-state index contributed by atoms with van der Waals surface area (Å²) < 4.78 is 0. The van der Waals surface area contributed by atoms with Gasteiger partial charge in [0.25, 0.3) is 0 Å². The van der Waals surface area contributed by atoms with Crippen LogP contribution >= 0.6 is 0 Å². The Labute approximate surface area is 229 Å². The first-order chi connectivity index (χ1) is 18.7. The summed E-state index contributed by atoms with van der Waals surface area (Å²) in [6.45, 7) is 6.64. The molecule has 0 radical (unpaired) electrons. The van der Waals surface area contributed by atoms with E-state index in [4.69, 9.17) is 5.11 Å². The Bertz CT molecular complexity index is 1350. The first kappa shape index (κ1) is 27.3. The maximum atomic E-state index is 4.69. The standard InChI is InChI=1S/C36H40N2/c1-4-7-16-28-17-15-23-34(25-28)38-37-33(6-3)26-29-24-32(18-8-5-2)36(31-21-13-10-14-22-31)35(27-29)30-19-11-9-12-20-30/h9-15,17,19-27H,4-8,16,18H2,1-3H3. The lowest BCUT2D eigenvalue weighted by Gasteiger charge is -2.18. The molecule has 0 unspecified atom stereocenters. The van der Waals surface area contributed by atoms with Crippen molar-refractivity contribution in [3.63, 3.8) is 0 Å². The molecule has 0 heterocycles. The summed E-state index contributed by atoms with van der Waals surface area (Å²) in [4.78, 5) is 0. The first-order valence-electron chi connectivity index (χ1n) is 14.2. The highest BCUT2D eigenvalue weighted by Crippen LogP contribution is 2.37. The lowest BCUT2D eigenvalue weighted by atomic mass is 9.86. The van der Waals surface area contributed by atoms with E-state index in [-0.39, 0.29) is 0 Å². The maximum absolute atomic E-state index is 4.69. The van der Waals surface area contributed by atoms with Crippen LogP contribution in [0.15, 0.2) is 113 Å². The van der Waals surface area contributed by atoms with Crippen molar-refractivity contribution < 1.29 is 0 Å². The summed E-state index contributed by atoms with van der Waals surface area (Å²) in [5.41, 5.74) is 10.9. The van der Waals surface area contributed by atoms with Crippen molar-refractivity contribution in [3.05, 3.63) is 119 Å². The van der Waals surface area contributed by atoms with Crippen LogP contribution in [0, 0.1) is 0 Å². The van der Waals surface area contributed by atoms with E-state index >= 15 is 0 Å². The van der Waals surface area contributed by atoms with E-state index in [0.29, 0.717) is 0 Å². The minimum absolute atomic E-state index is 0.824. The molecule has 38 heavy (non-hydrogen) atoms. The van der Waals surface area contributed by atoms with Gasteiger partial charge in [0, 0.05) is 0 Å². The summed E-state index contributed by atoms with van der Waals surface area (Å²) in [6, 6.07) is 34.7. The van der Waals surface area contributed by atoms with Crippen LogP contribution in [0.4, 0.5) is 5.69 Å². The molecule has 0 fully saturated rings. The van der Waals surface area contributed by atoms with E-state index in [9.17, 15) is 0 Å². The summed E-state index contributed by atoms with van der Waals surface area (Å²) in [6.07, 6.45) is 9.90. The minimum atomic E-state index is 0.824. The smallest absolute Gasteiger partial charge is 0.0859 e. The molecule has 0 aliphatic heterocycles. The fourth-order valence-corrected chi connectivity index (χ4v) is 4.84. The molecular weight excluding hydrogens is 460 g/mol. The topological polar surface area (TPSA) is 24.7 Å². The molecule has 0 saturated carbocycles. The van der Waals surface area contributed by atoms with Gasteiger partial charge in [0.1, 0.15) is 0 Å². The Kier molecular flexibility index (Phi) is 10.2. The molecule has 0 N–H and O–H groups in total. The molecule has 0 amide bonds. The second kappa shape index (κ2) is 14.2. The van der Waals surface area contributed by atoms with E-state index in [0.717, 1.165) is 37.1 Å². The average molecular weight is 501 g/mol. The van der Waals surface area contributed by atoms with Crippen molar-refractivity contribution in [3.8, 4) is 22.3 Å². The van der Waals surface area contributed by atoms with Gasteiger partial charge in [-0.05, 0) is 95.3 Å². The molecule has 0 spiro atoms. The molecule has 4 aromatic rings. The summed E-state index contributed by atoms with van der Waals surface area (Å²) >= 11 is 0. The number of hydrogen-bond acceptors (Lipinski definition) is 2.